The summed E-state index contributed by atoms with van der Waals surface area (Å²) in [6.45, 7) is 0.818. The molecule has 0 heterocycles. The molecule has 0 aliphatic rings. The Labute approximate surface area is 146 Å². The quantitative estimate of drug-likeness (QED) is 0.456. The smallest absolute Gasteiger partial charge is 0.193 e. The molecule has 2 aromatic carbocycles. The van der Waals surface area contributed by atoms with Crippen LogP contribution in [0.25, 0.3) is 0 Å². The zero-order chi connectivity index (χ0) is 17.4. The van der Waals surface area contributed by atoms with Crippen LogP contribution in [0.4, 0.5) is 5.69 Å². The van der Waals surface area contributed by atoms with Crippen LogP contribution in [-0.4, -0.2) is 33.3 Å². The third-order valence-corrected chi connectivity index (χ3v) is 3.40. The molecule has 0 aliphatic carbocycles. The minimum absolute atomic E-state index is 0.283. The van der Waals surface area contributed by atoms with E-state index in [0.29, 0.717) is 23.9 Å². The van der Waals surface area contributed by atoms with Gasteiger partial charge in [0.1, 0.15) is 23.9 Å². The number of benzene rings is 2. The summed E-state index contributed by atoms with van der Waals surface area (Å²) in [5.41, 5.74) is 6.57. The number of nitrogens with one attached hydrogen (secondary N) is 1. The fourth-order valence-electron chi connectivity index (χ4n) is 1.95. The molecule has 6 nitrogen and oxygen atoms in total. The SMILES string of the molecule is COc1cccc(OCCN=C(N)Nc2ccc(OC)c(Cl)c2)c1. The van der Waals surface area contributed by atoms with Gasteiger partial charge >= 0.3 is 0 Å². The second-order valence-corrected chi connectivity index (χ2v) is 5.18. The van der Waals surface area contributed by atoms with Crippen molar-refractivity contribution in [2.24, 2.45) is 10.7 Å². The molecule has 24 heavy (non-hydrogen) atoms. The molecule has 2 rings (SSSR count). The summed E-state index contributed by atoms with van der Waals surface area (Å²) in [7, 11) is 3.17. The van der Waals surface area contributed by atoms with E-state index in [4.69, 9.17) is 31.5 Å². The number of aliphatic imine (C=N–C) groups is 1. The van der Waals surface area contributed by atoms with E-state index in [-0.39, 0.29) is 5.96 Å². The third kappa shape index (κ3) is 5.24. The molecular formula is C17H20ClN3O3. The predicted molar refractivity (Wildman–Crippen MR) is 96.6 cm³/mol. The molecule has 0 amide bonds. The van der Waals surface area contributed by atoms with Gasteiger partial charge in [0.05, 0.1) is 25.8 Å². The maximum absolute atomic E-state index is 6.06. The van der Waals surface area contributed by atoms with Crippen LogP contribution in [0.2, 0.25) is 5.02 Å². The highest BCUT2D eigenvalue weighted by atomic mass is 35.5. The molecule has 0 fully saturated rings. The lowest BCUT2D eigenvalue weighted by Crippen LogP contribution is -2.23. The Morgan fingerprint density at radius 1 is 1.12 bits per heavy atom. The summed E-state index contributed by atoms with van der Waals surface area (Å²) in [5.74, 6) is 2.35. The van der Waals surface area contributed by atoms with Crippen LogP contribution in [0.3, 0.4) is 0 Å². The standard InChI is InChI=1S/C17H20ClN3O3/c1-22-13-4-3-5-14(11-13)24-9-8-20-17(19)21-12-6-7-16(23-2)15(18)10-12/h3-7,10-11H,8-9H2,1-2H3,(H3,19,20,21). The molecule has 0 bridgehead atoms. The van der Waals surface area contributed by atoms with E-state index in [0.717, 1.165) is 17.2 Å². The van der Waals surface area contributed by atoms with Crippen LogP contribution in [-0.2, 0) is 0 Å². The van der Waals surface area contributed by atoms with Crippen LogP contribution >= 0.6 is 11.6 Å². The number of rotatable bonds is 7. The van der Waals surface area contributed by atoms with E-state index < -0.39 is 0 Å². The lowest BCUT2D eigenvalue weighted by molar-refractivity contribution is 0.325. The molecule has 0 aromatic heterocycles. The summed E-state index contributed by atoms with van der Waals surface area (Å²) in [6, 6.07) is 12.7. The van der Waals surface area contributed by atoms with Crippen molar-refractivity contribution in [3.63, 3.8) is 0 Å². The summed E-state index contributed by atoms with van der Waals surface area (Å²) in [4.78, 5) is 4.20. The number of hydrogen-bond donors (Lipinski definition) is 2. The van der Waals surface area contributed by atoms with E-state index >= 15 is 0 Å². The van der Waals surface area contributed by atoms with Crippen molar-refractivity contribution >= 4 is 23.2 Å². The van der Waals surface area contributed by atoms with Gasteiger partial charge in [-0.15, -0.1) is 0 Å². The number of methoxy groups -OCH3 is 2. The highest BCUT2D eigenvalue weighted by Gasteiger charge is 2.02. The maximum atomic E-state index is 6.06. The van der Waals surface area contributed by atoms with Crippen molar-refractivity contribution in [3.05, 3.63) is 47.5 Å². The summed E-state index contributed by atoms with van der Waals surface area (Å²) in [6.07, 6.45) is 0. The topological polar surface area (TPSA) is 78.1 Å². The van der Waals surface area contributed by atoms with Gasteiger partial charge in [0.15, 0.2) is 5.96 Å². The molecular weight excluding hydrogens is 330 g/mol. The second kappa shape index (κ2) is 8.88. The molecule has 0 spiro atoms. The summed E-state index contributed by atoms with van der Waals surface area (Å²) >= 11 is 6.06. The first kappa shape index (κ1) is 17.7. The molecule has 0 unspecified atom stereocenters. The van der Waals surface area contributed by atoms with E-state index in [2.05, 4.69) is 10.3 Å². The van der Waals surface area contributed by atoms with Gasteiger partial charge in [-0.25, -0.2) is 4.99 Å². The lowest BCUT2D eigenvalue weighted by Gasteiger charge is -2.09. The number of hydrogen-bond acceptors (Lipinski definition) is 4. The van der Waals surface area contributed by atoms with Crippen LogP contribution < -0.4 is 25.3 Å². The third-order valence-electron chi connectivity index (χ3n) is 3.11. The Bertz CT molecular complexity index is 707. The van der Waals surface area contributed by atoms with Gasteiger partial charge in [-0.05, 0) is 30.3 Å². The Balaban J connectivity index is 1.82. The van der Waals surface area contributed by atoms with Gasteiger partial charge in [0, 0.05) is 11.8 Å². The van der Waals surface area contributed by atoms with Gasteiger partial charge in [-0.1, -0.05) is 17.7 Å². The number of anilines is 1. The average molecular weight is 350 g/mol. The van der Waals surface area contributed by atoms with Crippen LogP contribution in [0.15, 0.2) is 47.5 Å². The van der Waals surface area contributed by atoms with Gasteiger partial charge in [-0.3, -0.25) is 0 Å². The predicted octanol–water partition coefficient (Wildman–Crippen LogP) is 3.16. The molecule has 128 valence electrons. The molecule has 7 heteroatoms. The van der Waals surface area contributed by atoms with E-state index in [9.17, 15) is 0 Å². The van der Waals surface area contributed by atoms with Gasteiger partial charge in [0.25, 0.3) is 0 Å². The Hall–Kier alpha value is -2.60. The fourth-order valence-corrected chi connectivity index (χ4v) is 2.21. The van der Waals surface area contributed by atoms with Crippen LogP contribution in [0.1, 0.15) is 0 Å². The molecule has 0 saturated heterocycles. The fraction of sp³-hybridized carbons (Fsp3) is 0.235. The minimum Gasteiger partial charge on any atom is -0.497 e. The van der Waals surface area contributed by atoms with E-state index in [1.165, 1.54) is 0 Å². The van der Waals surface area contributed by atoms with Crippen molar-refractivity contribution < 1.29 is 14.2 Å². The first-order valence-corrected chi connectivity index (χ1v) is 7.67. The second-order valence-electron chi connectivity index (χ2n) is 4.77. The average Bonchev–Trinajstić information content (AvgIpc) is 2.59. The highest BCUT2D eigenvalue weighted by Crippen LogP contribution is 2.27. The van der Waals surface area contributed by atoms with Crippen LogP contribution in [0.5, 0.6) is 17.2 Å². The Kier molecular flexibility index (Phi) is 6.57. The van der Waals surface area contributed by atoms with Crippen LogP contribution in [0, 0.1) is 0 Å². The number of nitrogens with zero attached hydrogens (tertiary/aromatic N) is 1. The van der Waals surface area contributed by atoms with Crippen molar-refractivity contribution in [1.29, 1.82) is 0 Å². The first-order valence-electron chi connectivity index (χ1n) is 7.29. The van der Waals surface area contributed by atoms with Crippen molar-refractivity contribution in [3.8, 4) is 17.2 Å². The Morgan fingerprint density at radius 2 is 1.92 bits per heavy atom. The molecule has 0 saturated carbocycles. The summed E-state index contributed by atoms with van der Waals surface area (Å²) in [5, 5.41) is 3.46. The number of ether oxygens (including phenoxy) is 3. The molecule has 0 aliphatic heterocycles. The molecule has 0 atom stereocenters. The van der Waals surface area contributed by atoms with E-state index in [1.54, 1.807) is 32.4 Å². The van der Waals surface area contributed by atoms with Gasteiger partial charge in [-0.2, -0.15) is 0 Å². The zero-order valence-corrected chi connectivity index (χ0v) is 14.3. The molecule has 3 N–H and O–H groups in total. The zero-order valence-electron chi connectivity index (χ0n) is 13.6. The summed E-state index contributed by atoms with van der Waals surface area (Å²) < 4.78 is 15.8. The van der Waals surface area contributed by atoms with E-state index in [1.807, 2.05) is 24.3 Å². The highest BCUT2D eigenvalue weighted by molar-refractivity contribution is 6.32. The molecule has 0 radical (unpaired) electrons. The van der Waals surface area contributed by atoms with Crippen molar-refractivity contribution in [1.82, 2.24) is 0 Å². The normalized spacial score (nSPS) is 11.0. The van der Waals surface area contributed by atoms with Gasteiger partial charge < -0.3 is 25.3 Å². The Morgan fingerprint density at radius 3 is 2.62 bits per heavy atom. The van der Waals surface area contributed by atoms with Crippen molar-refractivity contribution in [2.75, 3.05) is 32.7 Å². The monoisotopic (exact) mass is 349 g/mol. The van der Waals surface area contributed by atoms with Crippen molar-refractivity contribution in [2.45, 2.75) is 0 Å². The number of guanidine groups is 1. The largest absolute Gasteiger partial charge is 0.497 e. The maximum Gasteiger partial charge on any atom is 0.193 e. The van der Waals surface area contributed by atoms with Gasteiger partial charge in [0.2, 0.25) is 0 Å². The molecule has 2 aromatic rings. The lowest BCUT2D eigenvalue weighted by atomic mass is 10.3. The number of halogens is 1. The minimum atomic E-state index is 0.283. The number of nitrogens with two attached hydrogens (primary N) is 1. The first-order chi connectivity index (χ1) is 11.6.